The van der Waals surface area contributed by atoms with Gasteiger partial charge < -0.3 is 29.7 Å². The molecule has 1 aromatic carbocycles. The Labute approximate surface area is 172 Å². The Morgan fingerprint density at radius 3 is 2.84 bits per heavy atom. The molecule has 2 aromatic rings. The molecule has 13 heteroatoms. The van der Waals surface area contributed by atoms with Crippen LogP contribution >= 0.6 is 0 Å². The molecule has 4 atom stereocenters. The number of ether oxygens (including phenoxy) is 3. The van der Waals surface area contributed by atoms with E-state index < -0.39 is 53.9 Å². The predicted molar refractivity (Wildman–Crippen MR) is 98.0 cm³/mol. The van der Waals surface area contributed by atoms with Crippen molar-refractivity contribution in [2.75, 3.05) is 13.4 Å². The minimum absolute atomic E-state index is 0.0372. The Bertz CT molecular complexity index is 1100. The molecule has 3 heterocycles. The van der Waals surface area contributed by atoms with Crippen molar-refractivity contribution in [2.45, 2.75) is 31.1 Å². The van der Waals surface area contributed by atoms with Crippen molar-refractivity contribution in [3.63, 3.8) is 0 Å². The molecule has 2 aliphatic rings. The molecule has 4 rings (SSSR count). The van der Waals surface area contributed by atoms with Gasteiger partial charge in [-0.05, 0) is 22.2 Å². The van der Waals surface area contributed by atoms with Gasteiger partial charge in [0.15, 0.2) is 23.8 Å². The van der Waals surface area contributed by atoms with Crippen LogP contribution in [0.15, 0.2) is 34.0 Å². The summed E-state index contributed by atoms with van der Waals surface area (Å²) in [6, 6.07) is 5.04. The molecular weight excluding hydrogens is 421 g/mol. The molecule has 166 valence electrons. The van der Waals surface area contributed by atoms with Crippen LogP contribution in [0.5, 0.6) is 11.5 Å². The van der Waals surface area contributed by atoms with Gasteiger partial charge in [-0.2, -0.15) is 4.94 Å². The lowest BCUT2D eigenvalue weighted by Gasteiger charge is -2.18. The molecule has 2 aliphatic heterocycles. The first kappa shape index (κ1) is 21.0. The van der Waals surface area contributed by atoms with Crippen molar-refractivity contribution in [3.8, 4) is 11.5 Å². The van der Waals surface area contributed by atoms with Gasteiger partial charge in [0.25, 0.3) is 11.5 Å². The van der Waals surface area contributed by atoms with Crippen LogP contribution in [-0.2, 0) is 16.2 Å². The van der Waals surface area contributed by atoms with Crippen molar-refractivity contribution in [1.82, 2.24) is 14.9 Å². The summed E-state index contributed by atoms with van der Waals surface area (Å²) in [5, 5.41) is 21.7. The predicted octanol–water partition coefficient (Wildman–Crippen LogP) is -1.28. The quantitative estimate of drug-likeness (QED) is 0.429. The maximum absolute atomic E-state index is 13.0. The number of aliphatic hydroxyl groups is 2. The monoisotopic (exact) mass is 439 g/mol. The summed E-state index contributed by atoms with van der Waals surface area (Å²) in [5.74, 6) is 0.275. The van der Waals surface area contributed by atoms with Gasteiger partial charge in [0.1, 0.15) is 17.8 Å². The standard InChI is InChI=1S/C18H18FN3O9/c19-31-14-13(24)12(6-23)30-17(14)22-5-9(16(26)21-18(22)27)15(25)20-4-8-1-2-10-11(3-8)29-7-28-10/h1-3,5,12-14,17,23-24H,4,6-7H2,(H,20,25)(H,21,26,27)/t12-,13+,14-,17-/m1/s1. The molecular formula is C18H18FN3O9. The van der Waals surface area contributed by atoms with Crippen molar-refractivity contribution in [2.24, 2.45) is 0 Å². The van der Waals surface area contributed by atoms with E-state index in [4.69, 9.17) is 14.2 Å². The number of halogens is 1. The Morgan fingerprint density at radius 1 is 1.32 bits per heavy atom. The number of nitrogens with zero attached hydrogens (tertiary/aromatic N) is 1. The highest BCUT2D eigenvalue weighted by Gasteiger charge is 2.47. The van der Waals surface area contributed by atoms with Gasteiger partial charge in [0.05, 0.1) is 6.61 Å². The van der Waals surface area contributed by atoms with Crippen LogP contribution in [0.25, 0.3) is 0 Å². The Hall–Kier alpha value is -3.26. The van der Waals surface area contributed by atoms with E-state index >= 15 is 0 Å². The fourth-order valence-corrected chi connectivity index (χ4v) is 3.35. The fourth-order valence-electron chi connectivity index (χ4n) is 3.35. The number of hydrogen-bond donors (Lipinski definition) is 4. The van der Waals surface area contributed by atoms with Crippen LogP contribution in [0.1, 0.15) is 22.1 Å². The summed E-state index contributed by atoms with van der Waals surface area (Å²) in [6.45, 7) is -0.533. The van der Waals surface area contributed by atoms with Crippen LogP contribution < -0.4 is 26.0 Å². The van der Waals surface area contributed by atoms with Crippen LogP contribution in [0.4, 0.5) is 4.53 Å². The number of aliphatic hydroxyl groups excluding tert-OH is 2. The van der Waals surface area contributed by atoms with Gasteiger partial charge in [0.2, 0.25) is 6.79 Å². The first-order chi connectivity index (χ1) is 14.9. The lowest BCUT2D eigenvalue weighted by atomic mass is 10.1. The number of aromatic amines is 1. The number of carbonyl (C=O) groups excluding carboxylic acids is 1. The number of H-pyrrole nitrogens is 1. The number of benzene rings is 1. The average molecular weight is 439 g/mol. The molecule has 0 aliphatic carbocycles. The molecule has 31 heavy (non-hydrogen) atoms. The van der Waals surface area contributed by atoms with Crippen LogP contribution in [-0.4, -0.2) is 57.4 Å². The summed E-state index contributed by atoms with van der Waals surface area (Å²) in [4.78, 5) is 42.5. The smallest absolute Gasteiger partial charge is 0.330 e. The minimum Gasteiger partial charge on any atom is -0.454 e. The van der Waals surface area contributed by atoms with E-state index in [1.54, 1.807) is 18.2 Å². The largest absolute Gasteiger partial charge is 0.454 e. The van der Waals surface area contributed by atoms with E-state index in [9.17, 15) is 29.1 Å². The zero-order valence-electron chi connectivity index (χ0n) is 15.8. The maximum atomic E-state index is 13.0. The molecule has 0 bridgehead atoms. The zero-order valence-corrected chi connectivity index (χ0v) is 15.8. The Kier molecular flexibility index (Phi) is 5.73. The number of nitrogens with one attached hydrogen (secondary N) is 2. The highest BCUT2D eigenvalue weighted by molar-refractivity contribution is 5.93. The first-order valence-electron chi connectivity index (χ1n) is 9.17. The SMILES string of the molecule is O=C(NCc1ccc2c(c1)OCO2)c1cn([C@@H]2O[C@H](CO)[C@H](O)[C@H]2OF)c(=O)[nH]c1=O. The van der Waals surface area contributed by atoms with Crippen LogP contribution in [0.2, 0.25) is 0 Å². The first-order valence-corrected chi connectivity index (χ1v) is 9.17. The Morgan fingerprint density at radius 2 is 2.10 bits per heavy atom. The molecule has 0 saturated carbocycles. The summed E-state index contributed by atoms with van der Waals surface area (Å²) < 4.78 is 29.4. The van der Waals surface area contributed by atoms with Gasteiger partial charge in [-0.1, -0.05) is 6.07 Å². The number of fused-ring (bicyclic) bond motifs is 1. The molecule has 1 aromatic heterocycles. The van der Waals surface area contributed by atoms with E-state index in [0.29, 0.717) is 21.6 Å². The van der Waals surface area contributed by atoms with Crippen molar-refractivity contribution in [1.29, 1.82) is 0 Å². The second-order valence-electron chi connectivity index (χ2n) is 6.87. The molecule has 1 amide bonds. The molecule has 1 fully saturated rings. The maximum Gasteiger partial charge on any atom is 0.330 e. The number of aromatic nitrogens is 2. The van der Waals surface area contributed by atoms with Gasteiger partial charge in [-0.15, -0.1) is 0 Å². The van der Waals surface area contributed by atoms with Crippen LogP contribution in [0.3, 0.4) is 0 Å². The third-order valence-electron chi connectivity index (χ3n) is 4.97. The summed E-state index contributed by atoms with van der Waals surface area (Å²) in [5.41, 5.74) is -1.78. The summed E-state index contributed by atoms with van der Waals surface area (Å²) in [6.07, 6.45) is -5.12. The number of amides is 1. The number of rotatable bonds is 6. The van der Waals surface area contributed by atoms with E-state index in [-0.39, 0.29) is 13.3 Å². The molecule has 4 N–H and O–H groups in total. The van der Waals surface area contributed by atoms with E-state index in [1.165, 1.54) is 0 Å². The van der Waals surface area contributed by atoms with E-state index in [1.807, 2.05) is 4.98 Å². The van der Waals surface area contributed by atoms with E-state index in [2.05, 4.69) is 10.3 Å². The zero-order chi connectivity index (χ0) is 22.1. The average Bonchev–Trinajstić information content (AvgIpc) is 3.35. The molecule has 1 saturated heterocycles. The number of carbonyl (C=O) groups is 1. The summed E-state index contributed by atoms with van der Waals surface area (Å²) >= 11 is 0. The topological polar surface area (TPSA) is 161 Å². The van der Waals surface area contributed by atoms with Gasteiger partial charge in [0, 0.05) is 12.7 Å². The molecule has 0 spiro atoms. The van der Waals surface area contributed by atoms with Crippen molar-refractivity contribution < 1.29 is 38.7 Å². The third kappa shape index (κ3) is 3.90. The second-order valence-corrected chi connectivity index (χ2v) is 6.87. The van der Waals surface area contributed by atoms with Crippen molar-refractivity contribution >= 4 is 5.91 Å². The third-order valence-corrected chi connectivity index (χ3v) is 4.97. The second kappa shape index (κ2) is 8.47. The van der Waals surface area contributed by atoms with E-state index in [0.717, 1.165) is 6.20 Å². The van der Waals surface area contributed by atoms with Gasteiger partial charge >= 0.3 is 5.69 Å². The lowest BCUT2D eigenvalue weighted by Crippen LogP contribution is -2.41. The highest BCUT2D eigenvalue weighted by Crippen LogP contribution is 2.32. The van der Waals surface area contributed by atoms with Crippen LogP contribution in [0, 0.1) is 0 Å². The van der Waals surface area contributed by atoms with Crippen molar-refractivity contribution in [3.05, 3.63) is 56.4 Å². The van der Waals surface area contributed by atoms with Gasteiger partial charge in [-0.3, -0.25) is 19.1 Å². The molecule has 0 radical (unpaired) electrons. The minimum atomic E-state index is -1.66. The Balaban J connectivity index is 1.55. The molecule has 12 nitrogen and oxygen atoms in total. The summed E-state index contributed by atoms with van der Waals surface area (Å²) in [7, 11) is 0. The lowest BCUT2D eigenvalue weighted by molar-refractivity contribution is -0.221. The highest BCUT2D eigenvalue weighted by atomic mass is 19.3. The number of hydrogen-bond acceptors (Lipinski definition) is 9. The normalized spacial score (nSPS) is 24.4. The fraction of sp³-hybridized carbons (Fsp3) is 0.389. The van der Waals surface area contributed by atoms with Gasteiger partial charge in [-0.25, -0.2) is 4.79 Å². The molecule has 0 unspecified atom stereocenters.